The third kappa shape index (κ3) is 2.63. The Kier molecular flexibility index (Phi) is 3.23. The highest BCUT2D eigenvalue weighted by Crippen LogP contribution is 2.18. The molecule has 3 rings (SSSR count). The van der Waals surface area contributed by atoms with E-state index >= 15 is 0 Å². The molecule has 2 nitrogen and oxygen atoms in total. The van der Waals surface area contributed by atoms with E-state index in [0.717, 1.165) is 36.1 Å². The van der Waals surface area contributed by atoms with Crippen LogP contribution < -0.4 is 0 Å². The van der Waals surface area contributed by atoms with Crippen molar-refractivity contribution in [3.63, 3.8) is 0 Å². The van der Waals surface area contributed by atoms with Crippen molar-refractivity contribution in [2.75, 3.05) is 0 Å². The molecule has 19 heavy (non-hydrogen) atoms. The zero-order chi connectivity index (χ0) is 13.1. The van der Waals surface area contributed by atoms with Crippen LogP contribution in [0, 0.1) is 0 Å². The second-order valence-corrected chi connectivity index (χ2v) is 4.80. The lowest BCUT2D eigenvalue weighted by Crippen LogP contribution is -2.16. The molecule has 0 spiro atoms. The summed E-state index contributed by atoms with van der Waals surface area (Å²) < 4.78 is 0. The minimum absolute atomic E-state index is 0.0927. The maximum absolute atomic E-state index is 11.9. The van der Waals surface area contributed by atoms with Gasteiger partial charge < -0.3 is 0 Å². The van der Waals surface area contributed by atoms with E-state index < -0.39 is 0 Å². The fourth-order valence-electron chi connectivity index (χ4n) is 2.42. The van der Waals surface area contributed by atoms with Gasteiger partial charge in [-0.2, -0.15) is 0 Å². The number of carbonyl (C=O) groups is 1. The van der Waals surface area contributed by atoms with Gasteiger partial charge in [-0.05, 0) is 30.0 Å². The normalized spacial score (nSPS) is 13.9. The maximum Gasteiger partial charge on any atom is 0.277 e. The SMILES string of the molecule is O=C1N=C(CCc2ccccc2)Cc2ccccc21. The first-order valence-electron chi connectivity index (χ1n) is 6.55. The van der Waals surface area contributed by atoms with Gasteiger partial charge in [-0.1, -0.05) is 48.5 Å². The molecule has 0 aliphatic carbocycles. The molecule has 94 valence electrons. The molecule has 1 aliphatic rings. The summed E-state index contributed by atoms with van der Waals surface area (Å²) in [6.07, 6.45) is 2.59. The van der Waals surface area contributed by atoms with Gasteiger partial charge in [0.25, 0.3) is 5.91 Å². The Bertz CT molecular complexity index is 629. The second-order valence-electron chi connectivity index (χ2n) is 4.80. The molecule has 0 radical (unpaired) electrons. The molecule has 0 saturated carbocycles. The third-order valence-electron chi connectivity index (χ3n) is 3.45. The summed E-state index contributed by atoms with van der Waals surface area (Å²) in [5.74, 6) is -0.0927. The number of benzene rings is 2. The van der Waals surface area contributed by atoms with E-state index in [1.165, 1.54) is 5.56 Å². The van der Waals surface area contributed by atoms with Crippen molar-refractivity contribution in [2.24, 2.45) is 4.99 Å². The van der Waals surface area contributed by atoms with Crippen LogP contribution in [-0.4, -0.2) is 11.6 Å². The van der Waals surface area contributed by atoms with Crippen LogP contribution in [0.2, 0.25) is 0 Å². The van der Waals surface area contributed by atoms with E-state index in [1.54, 1.807) is 0 Å². The van der Waals surface area contributed by atoms with Gasteiger partial charge >= 0.3 is 0 Å². The summed E-state index contributed by atoms with van der Waals surface area (Å²) in [5.41, 5.74) is 4.14. The van der Waals surface area contributed by atoms with Gasteiger partial charge in [-0.25, -0.2) is 4.99 Å². The van der Waals surface area contributed by atoms with E-state index in [1.807, 2.05) is 42.5 Å². The van der Waals surface area contributed by atoms with Crippen molar-refractivity contribution in [1.82, 2.24) is 0 Å². The number of rotatable bonds is 3. The molecular weight excluding hydrogens is 234 g/mol. The lowest BCUT2D eigenvalue weighted by molar-refractivity contribution is 0.1000. The number of hydrogen-bond donors (Lipinski definition) is 0. The molecule has 0 unspecified atom stereocenters. The van der Waals surface area contributed by atoms with Gasteiger partial charge in [0.05, 0.1) is 0 Å². The van der Waals surface area contributed by atoms with E-state index in [9.17, 15) is 4.79 Å². The van der Waals surface area contributed by atoms with Gasteiger partial charge in [0.2, 0.25) is 0 Å². The van der Waals surface area contributed by atoms with E-state index in [-0.39, 0.29) is 5.91 Å². The topological polar surface area (TPSA) is 29.4 Å². The van der Waals surface area contributed by atoms with Crippen LogP contribution in [0.25, 0.3) is 0 Å². The predicted molar refractivity (Wildman–Crippen MR) is 76.7 cm³/mol. The first-order valence-corrected chi connectivity index (χ1v) is 6.55. The van der Waals surface area contributed by atoms with Crippen LogP contribution in [-0.2, 0) is 12.8 Å². The van der Waals surface area contributed by atoms with Crippen molar-refractivity contribution < 1.29 is 4.79 Å². The molecular formula is C17H15NO. The molecule has 1 aliphatic heterocycles. The minimum Gasteiger partial charge on any atom is -0.267 e. The van der Waals surface area contributed by atoms with Crippen molar-refractivity contribution >= 4 is 11.6 Å². The largest absolute Gasteiger partial charge is 0.277 e. The Hall–Kier alpha value is -2.22. The third-order valence-corrected chi connectivity index (χ3v) is 3.45. The summed E-state index contributed by atoms with van der Waals surface area (Å²) in [7, 11) is 0. The number of carbonyl (C=O) groups excluding carboxylic acids is 1. The van der Waals surface area contributed by atoms with Crippen LogP contribution in [0.1, 0.15) is 27.9 Å². The Morgan fingerprint density at radius 3 is 2.47 bits per heavy atom. The van der Waals surface area contributed by atoms with Gasteiger partial charge in [0.1, 0.15) is 0 Å². The van der Waals surface area contributed by atoms with Gasteiger partial charge in [-0.15, -0.1) is 0 Å². The summed E-state index contributed by atoms with van der Waals surface area (Å²) in [5, 5.41) is 0. The highest BCUT2D eigenvalue weighted by atomic mass is 16.1. The Morgan fingerprint density at radius 1 is 0.895 bits per heavy atom. The van der Waals surface area contributed by atoms with Crippen molar-refractivity contribution in [2.45, 2.75) is 19.3 Å². The molecule has 0 N–H and O–H groups in total. The van der Waals surface area contributed by atoms with Gasteiger partial charge in [-0.3, -0.25) is 4.79 Å². The fraction of sp³-hybridized carbons (Fsp3) is 0.176. The average molecular weight is 249 g/mol. The molecule has 0 fully saturated rings. The molecule has 0 saturated heterocycles. The number of nitrogens with zero attached hydrogens (tertiary/aromatic N) is 1. The lowest BCUT2D eigenvalue weighted by Gasteiger charge is -2.14. The maximum atomic E-state index is 11.9. The van der Waals surface area contributed by atoms with Crippen LogP contribution in [0.15, 0.2) is 59.6 Å². The standard InChI is InChI=1S/C17H15NO/c19-17-16-9-5-4-8-14(16)12-15(18-17)11-10-13-6-2-1-3-7-13/h1-9H,10-12H2. The van der Waals surface area contributed by atoms with Gasteiger partial charge in [0.15, 0.2) is 0 Å². The lowest BCUT2D eigenvalue weighted by atomic mass is 9.95. The quantitative estimate of drug-likeness (QED) is 0.819. The van der Waals surface area contributed by atoms with Gasteiger partial charge in [0, 0.05) is 17.7 Å². The van der Waals surface area contributed by atoms with Crippen molar-refractivity contribution in [1.29, 1.82) is 0 Å². The minimum atomic E-state index is -0.0927. The summed E-state index contributed by atoms with van der Waals surface area (Å²) in [6.45, 7) is 0. The number of aliphatic imine (C=N–C) groups is 1. The molecule has 2 aromatic carbocycles. The molecule has 0 aromatic heterocycles. The number of aryl methyl sites for hydroxylation is 1. The van der Waals surface area contributed by atoms with E-state index in [2.05, 4.69) is 17.1 Å². The predicted octanol–water partition coefficient (Wildman–Crippen LogP) is 3.46. The first-order chi connectivity index (χ1) is 9.33. The molecule has 0 bridgehead atoms. The highest BCUT2D eigenvalue weighted by molar-refractivity contribution is 6.09. The smallest absolute Gasteiger partial charge is 0.267 e. The molecule has 0 atom stereocenters. The average Bonchev–Trinajstić information content (AvgIpc) is 2.46. The molecule has 2 aromatic rings. The zero-order valence-electron chi connectivity index (χ0n) is 10.7. The summed E-state index contributed by atoms with van der Waals surface area (Å²) in [4.78, 5) is 16.1. The Labute approximate surface area is 112 Å². The van der Waals surface area contributed by atoms with Crippen molar-refractivity contribution in [3.8, 4) is 0 Å². The van der Waals surface area contributed by atoms with Crippen LogP contribution in [0.3, 0.4) is 0 Å². The van der Waals surface area contributed by atoms with E-state index in [4.69, 9.17) is 0 Å². The highest BCUT2D eigenvalue weighted by Gasteiger charge is 2.18. The zero-order valence-corrected chi connectivity index (χ0v) is 10.7. The molecule has 1 amide bonds. The Morgan fingerprint density at radius 2 is 1.63 bits per heavy atom. The number of hydrogen-bond acceptors (Lipinski definition) is 1. The van der Waals surface area contributed by atoms with Crippen LogP contribution >= 0.6 is 0 Å². The van der Waals surface area contributed by atoms with Crippen LogP contribution in [0.5, 0.6) is 0 Å². The number of amides is 1. The summed E-state index contributed by atoms with van der Waals surface area (Å²) >= 11 is 0. The second kappa shape index (κ2) is 5.19. The fourth-order valence-corrected chi connectivity index (χ4v) is 2.42. The molecule has 2 heteroatoms. The van der Waals surface area contributed by atoms with Crippen molar-refractivity contribution in [3.05, 3.63) is 71.3 Å². The Balaban J connectivity index is 1.73. The van der Waals surface area contributed by atoms with Crippen LogP contribution in [0.4, 0.5) is 0 Å². The first kappa shape index (κ1) is 11.8. The monoisotopic (exact) mass is 249 g/mol. The van der Waals surface area contributed by atoms with E-state index in [0.29, 0.717) is 0 Å². The summed E-state index contributed by atoms with van der Waals surface area (Å²) in [6, 6.07) is 18.1. The number of fused-ring (bicyclic) bond motifs is 1. The molecule has 1 heterocycles.